The Morgan fingerprint density at radius 1 is 1.17 bits per heavy atom. The highest BCUT2D eigenvalue weighted by molar-refractivity contribution is 9.10. The van der Waals surface area contributed by atoms with Crippen molar-refractivity contribution in [1.29, 1.82) is 0 Å². The summed E-state index contributed by atoms with van der Waals surface area (Å²) in [6, 6.07) is 13.7. The lowest BCUT2D eigenvalue weighted by Crippen LogP contribution is -1.90. The summed E-state index contributed by atoms with van der Waals surface area (Å²) < 4.78 is 1.05. The van der Waals surface area contributed by atoms with E-state index in [2.05, 4.69) is 15.9 Å². The number of benzene rings is 2. The van der Waals surface area contributed by atoms with Gasteiger partial charge in [-0.1, -0.05) is 41.6 Å². The van der Waals surface area contributed by atoms with E-state index in [0.29, 0.717) is 5.02 Å². The minimum atomic E-state index is -0.495. The molecule has 0 fully saturated rings. The zero-order valence-corrected chi connectivity index (χ0v) is 12.9. The van der Waals surface area contributed by atoms with Crippen LogP contribution < -0.4 is 0 Å². The molecular formula is C14H12BrClOS. The van der Waals surface area contributed by atoms with Crippen LogP contribution in [0.3, 0.4) is 0 Å². The van der Waals surface area contributed by atoms with Crippen molar-refractivity contribution in [1.82, 2.24) is 0 Å². The molecule has 0 unspecified atom stereocenters. The average Bonchev–Trinajstić information content (AvgIpc) is 2.34. The van der Waals surface area contributed by atoms with Crippen molar-refractivity contribution in [2.24, 2.45) is 0 Å². The summed E-state index contributed by atoms with van der Waals surface area (Å²) in [7, 11) is 0. The molecule has 1 nitrogen and oxygen atoms in total. The lowest BCUT2D eigenvalue weighted by Gasteiger charge is -2.09. The molecule has 0 aliphatic rings. The van der Waals surface area contributed by atoms with E-state index < -0.39 is 6.10 Å². The Labute approximate surface area is 124 Å². The van der Waals surface area contributed by atoms with Gasteiger partial charge in [-0.25, -0.2) is 0 Å². The number of hydrogen-bond acceptors (Lipinski definition) is 2. The molecule has 94 valence electrons. The Morgan fingerprint density at radius 2 is 1.89 bits per heavy atom. The number of hydrogen-bond donors (Lipinski definition) is 1. The molecule has 1 N–H and O–H groups in total. The van der Waals surface area contributed by atoms with Crippen LogP contribution in [0.4, 0.5) is 0 Å². The molecule has 1 atom stereocenters. The Morgan fingerprint density at radius 3 is 2.50 bits per heavy atom. The second-order valence-corrected chi connectivity index (χ2v) is 6.24. The van der Waals surface area contributed by atoms with Crippen molar-refractivity contribution in [2.75, 3.05) is 0 Å². The van der Waals surface area contributed by atoms with Crippen LogP contribution in [0, 0.1) is 0 Å². The van der Waals surface area contributed by atoms with Crippen LogP contribution >= 0.6 is 39.3 Å². The first-order chi connectivity index (χ1) is 8.58. The van der Waals surface area contributed by atoms with Crippen LogP contribution in [0.2, 0.25) is 5.02 Å². The minimum Gasteiger partial charge on any atom is -0.389 e. The van der Waals surface area contributed by atoms with Gasteiger partial charge in [0.2, 0.25) is 0 Å². The Kier molecular flexibility index (Phi) is 4.73. The van der Waals surface area contributed by atoms with Gasteiger partial charge in [0.25, 0.3) is 0 Å². The molecule has 0 aliphatic carbocycles. The van der Waals surface area contributed by atoms with Gasteiger partial charge in [0, 0.05) is 14.3 Å². The van der Waals surface area contributed by atoms with Gasteiger partial charge in [0.1, 0.15) is 0 Å². The fourth-order valence-corrected chi connectivity index (χ4v) is 3.18. The monoisotopic (exact) mass is 342 g/mol. The van der Waals surface area contributed by atoms with E-state index in [1.807, 2.05) is 42.5 Å². The van der Waals surface area contributed by atoms with Gasteiger partial charge in [0.05, 0.1) is 11.1 Å². The largest absolute Gasteiger partial charge is 0.389 e. The van der Waals surface area contributed by atoms with Crippen LogP contribution in [0.1, 0.15) is 18.6 Å². The molecule has 0 saturated heterocycles. The van der Waals surface area contributed by atoms with Gasteiger partial charge in [-0.15, -0.1) is 0 Å². The number of rotatable bonds is 3. The quantitative estimate of drug-likeness (QED) is 0.815. The Hall–Kier alpha value is -0.480. The maximum atomic E-state index is 9.50. The van der Waals surface area contributed by atoms with Gasteiger partial charge in [0.15, 0.2) is 0 Å². The van der Waals surface area contributed by atoms with Crippen LogP contribution in [0.5, 0.6) is 0 Å². The average molecular weight is 344 g/mol. The standard InChI is InChI=1S/C14H12BrClOS/c1-9(17)10-6-7-14(12(16)8-10)18-13-5-3-2-4-11(13)15/h2-9,17H,1H3/t9-/m0/s1. The molecule has 0 amide bonds. The predicted octanol–water partition coefficient (Wildman–Crippen LogP) is 5.31. The summed E-state index contributed by atoms with van der Waals surface area (Å²) >= 11 is 11.3. The lowest BCUT2D eigenvalue weighted by molar-refractivity contribution is 0.199. The fraction of sp³-hybridized carbons (Fsp3) is 0.143. The second-order valence-electron chi connectivity index (χ2n) is 3.90. The van der Waals surface area contributed by atoms with E-state index in [1.54, 1.807) is 18.7 Å². The number of halogens is 2. The molecule has 0 aromatic heterocycles. The van der Waals surface area contributed by atoms with Crippen molar-refractivity contribution in [2.45, 2.75) is 22.8 Å². The third-order valence-electron chi connectivity index (χ3n) is 2.49. The first-order valence-corrected chi connectivity index (χ1v) is 7.46. The van der Waals surface area contributed by atoms with Gasteiger partial charge >= 0.3 is 0 Å². The Bertz CT molecular complexity index is 557. The maximum absolute atomic E-state index is 9.50. The zero-order chi connectivity index (χ0) is 13.1. The summed E-state index contributed by atoms with van der Waals surface area (Å²) in [6.07, 6.45) is -0.495. The smallest absolute Gasteiger partial charge is 0.0762 e. The van der Waals surface area contributed by atoms with Crippen LogP contribution in [0.25, 0.3) is 0 Å². The molecule has 0 heterocycles. The second kappa shape index (κ2) is 6.11. The molecule has 18 heavy (non-hydrogen) atoms. The lowest BCUT2D eigenvalue weighted by atomic mass is 10.1. The molecule has 4 heteroatoms. The van der Waals surface area contributed by atoms with E-state index in [0.717, 1.165) is 19.8 Å². The van der Waals surface area contributed by atoms with E-state index >= 15 is 0 Å². The summed E-state index contributed by atoms with van der Waals surface area (Å²) in [5, 5.41) is 10.2. The molecule has 0 bridgehead atoms. The maximum Gasteiger partial charge on any atom is 0.0762 e. The number of aliphatic hydroxyl groups excluding tert-OH is 1. The molecule has 0 aliphatic heterocycles. The van der Waals surface area contributed by atoms with Crippen molar-refractivity contribution < 1.29 is 5.11 Å². The first kappa shape index (κ1) is 13.9. The minimum absolute atomic E-state index is 0.495. The predicted molar refractivity (Wildman–Crippen MR) is 80.4 cm³/mol. The van der Waals surface area contributed by atoms with E-state index in [9.17, 15) is 5.11 Å². The molecular weight excluding hydrogens is 332 g/mol. The van der Waals surface area contributed by atoms with Gasteiger partial charge in [-0.05, 0) is 52.7 Å². The molecule has 2 rings (SSSR count). The molecule has 2 aromatic rings. The highest BCUT2D eigenvalue weighted by atomic mass is 79.9. The molecule has 0 radical (unpaired) electrons. The van der Waals surface area contributed by atoms with Crippen LogP contribution in [-0.4, -0.2) is 5.11 Å². The highest BCUT2D eigenvalue weighted by Gasteiger charge is 2.08. The SMILES string of the molecule is C[C@H](O)c1ccc(Sc2ccccc2Br)c(Cl)c1. The Balaban J connectivity index is 2.28. The van der Waals surface area contributed by atoms with Crippen LogP contribution in [0.15, 0.2) is 56.7 Å². The van der Waals surface area contributed by atoms with E-state index in [1.165, 1.54) is 0 Å². The summed E-state index contributed by atoms with van der Waals surface area (Å²) in [5.74, 6) is 0. The van der Waals surface area contributed by atoms with Gasteiger partial charge in [-0.3, -0.25) is 0 Å². The van der Waals surface area contributed by atoms with Gasteiger partial charge < -0.3 is 5.11 Å². The number of aliphatic hydroxyl groups is 1. The highest BCUT2D eigenvalue weighted by Crippen LogP contribution is 2.37. The summed E-state index contributed by atoms with van der Waals surface area (Å²) in [4.78, 5) is 2.09. The first-order valence-electron chi connectivity index (χ1n) is 5.48. The third-order valence-corrected chi connectivity index (χ3v) is 5.03. The fourth-order valence-electron chi connectivity index (χ4n) is 1.51. The van der Waals surface area contributed by atoms with Crippen LogP contribution in [-0.2, 0) is 0 Å². The molecule has 0 saturated carbocycles. The van der Waals surface area contributed by atoms with Gasteiger partial charge in [-0.2, -0.15) is 0 Å². The van der Waals surface area contributed by atoms with Crippen molar-refractivity contribution in [3.63, 3.8) is 0 Å². The summed E-state index contributed by atoms with van der Waals surface area (Å²) in [5.41, 5.74) is 0.830. The topological polar surface area (TPSA) is 20.2 Å². The summed E-state index contributed by atoms with van der Waals surface area (Å²) in [6.45, 7) is 1.73. The normalized spacial score (nSPS) is 12.4. The van der Waals surface area contributed by atoms with Crippen molar-refractivity contribution in [3.8, 4) is 0 Å². The van der Waals surface area contributed by atoms with Crippen molar-refractivity contribution in [3.05, 3.63) is 57.5 Å². The zero-order valence-electron chi connectivity index (χ0n) is 9.73. The third kappa shape index (κ3) is 3.29. The van der Waals surface area contributed by atoms with E-state index in [-0.39, 0.29) is 0 Å². The molecule has 0 spiro atoms. The molecule has 2 aromatic carbocycles. The van der Waals surface area contributed by atoms with E-state index in [4.69, 9.17) is 11.6 Å². The van der Waals surface area contributed by atoms with Crippen molar-refractivity contribution >= 4 is 39.3 Å².